The number of hydrogen-bond donors (Lipinski definition) is 3. The lowest BCUT2D eigenvalue weighted by atomic mass is 10.1. The van der Waals surface area contributed by atoms with Crippen LogP contribution >= 0.6 is 0 Å². The minimum Gasteiger partial charge on any atom is -0.382 e. The van der Waals surface area contributed by atoms with Crippen molar-refractivity contribution < 1.29 is 0 Å². The standard InChI is InChI=1S/C22H19N9O/c23-21-17(30-32)5-6-19(29-21)24-7-8-26-22-28-18(12-20-25-9-10-31(20)22)15-11-14-3-1-2-4-16(14)27-13-15/h1-6,9-13H,7-8H2,(H,26,28)(H3,23,24,29). The smallest absolute Gasteiger partial charge is 0.209 e. The number of nitrogen functional groups attached to an aromatic ring is 1. The fourth-order valence-electron chi connectivity index (χ4n) is 3.42. The van der Waals surface area contributed by atoms with Gasteiger partial charge in [-0.05, 0) is 29.4 Å². The molecule has 0 atom stereocenters. The fourth-order valence-corrected chi connectivity index (χ4v) is 3.42. The molecule has 0 fully saturated rings. The van der Waals surface area contributed by atoms with E-state index in [0.29, 0.717) is 24.9 Å². The molecule has 0 radical (unpaired) electrons. The second kappa shape index (κ2) is 8.26. The van der Waals surface area contributed by atoms with Gasteiger partial charge in [0.05, 0.1) is 11.2 Å². The maximum Gasteiger partial charge on any atom is 0.209 e. The van der Waals surface area contributed by atoms with Gasteiger partial charge in [-0.15, -0.1) is 4.91 Å². The second-order valence-corrected chi connectivity index (χ2v) is 7.08. The quantitative estimate of drug-likeness (QED) is 0.264. The summed E-state index contributed by atoms with van der Waals surface area (Å²) in [6.07, 6.45) is 5.41. The van der Waals surface area contributed by atoms with E-state index >= 15 is 0 Å². The van der Waals surface area contributed by atoms with E-state index in [2.05, 4.69) is 36.8 Å². The van der Waals surface area contributed by atoms with Crippen molar-refractivity contribution in [3.05, 3.63) is 72.0 Å². The number of nitroso groups, excluding NO2 is 1. The zero-order valence-electron chi connectivity index (χ0n) is 16.9. The van der Waals surface area contributed by atoms with Crippen molar-refractivity contribution in [2.75, 3.05) is 29.5 Å². The summed E-state index contributed by atoms with van der Waals surface area (Å²) < 4.78 is 1.89. The molecule has 5 aromatic rings. The molecule has 10 nitrogen and oxygen atoms in total. The minimum absolute atomic E-state index is 0.0939. The van der Waals surface area contributed by atoms with Gasteiger partial charge in [-0.1, -0.05) is 18.2 Å². The predicted octanol–water partition coefficient (Wildman–Crippen LogP) is 3.84. The van der Waals surface area contributed by atoms with Crippen LogP contribution in [0.1, 0.15) is 0 Å². The van der Waals surface area contributed by atoms with Crippen LogP contribution in [0.2, 0.25) is 0 Å². The van der Waals surface area contributed by atoms with E-state index in [9.17, 15) is 4.91 Å². The molecule has 4 aromatic heterocycles. The number of benzene rings is 1. The Morgan fingerprint density at radius 3 is 2.75 bits per heavy atom. The molecule has 0 spiro atoms. The van der Waals surface area contributed by atoms with Crippen molar-refractivity contribution in [3.8, 4) is 11.3 Å². The van der Waals surface area contributed by atoms with Crippen molar-refractivity contribution >= 4 is 39.8 Å². The minimum atomic E-state index is 0.0939. The number of nitrogens with one attached hydrogen (secondary N) is 2. The van der Waals surface area contributed by atoms with Gasteiger partial charge in [-0.3, -0.25) is 9.38 Å². The average Bonchev–Trinajstić information content (AvgIpc) is 3.30. The molecule has 10 heteroatoms. The highest BCUT2D eigenvalue weighted by Gasteiger charge is 2.10. The normalized spacial score (nSPS) is 11.0. The molecule has 0 aliphatic carbocycles. The number of aromatic nitrogens is 5. The van der Waals surface area contributed by atoms with E-state index in [1.165, 1.54) is 6.07 Å². The number of rotatable bonds is 7. The predicted molar refractivity (Wildman–Crippen MR) is 125 cm³/mol. The SMILES string of the molecule is Nc1nc(NCCNc2nc(-c3cnc4ccccc4c3)cc3nccn23)ccc1N=O. The molecule has 0 bridgehead atoms. The van der Waals surface area contributed by atoms with E-state index in [1.54, 1.807) is 12.3 Å². The van der Waals surface area contributed by atoms with Crippen LogP contribution in [0.25, 0.3) is 27.8 Å². The number of para-hydroxylation sites is 1. The third-order valence-electron chi connectivity index (χ3n) is 4.99. The second-order valence-electron chi connectivity index (χ2n) is 7.08. The molecule has 32 heavy (non-hydrogen) atoms. The Kier molecular flexibility index (Phi) is 5.00. The first-order valence-electron chi connectivity index (χ1n) is 9.98. The van der Waals surface area contributed by atoms with Gasteiger partial charge in [0.25, 0.3) is 0 Å². The van der Waals surface area contributed by atoms with Gasteiger partial charge in [0.1, 0.15) is 17.2 Å². The van der Waals surface area contributed by atoms with Crippen LogP contribution in [-0.2, 0) is 0 Å². The van der Waals surface area contributed by atoms with Crippen molar-refractivity contribution in [1.29, 1.82) is 0 Å². The zero-order chi connectivity index (χ0) is 21.9. The summed E-state index contributed by atoms with van der Waals surface area (Å²) in [4.78, 5) is 28.5. The lowest BCUT2D eigenvalue weighted by Gasteiger charge is -2.12. The number of nitrogens with two attached hydrogens (primary N) is 1. The number of nitrogens with zero attached hydrogens (tertiary/aromatic N) is 6. The third-order valence-corrected chi connectivity index (χ3v) is 4.99. The number of hydrogen-bond acceptors (Lipinski definition) is 9. The van der Waals surface area contributed by atoms with Crippen LogP contribution in [0.15, 0.2) is 72.3 Å². The van der Waals surface area contributed by atoms with Gasteiger partial charge in [0.15, 0.2) is 5.82 Å². The number of pyridine rings is 2. The van der Waals surface area contributed by atoms with Gasteiger partial charge in [-0.25, -0.2) is 15.0 Å². The van der Waals surface area contributed by atoms with Crippen molar-refractivity contribution in [1.82, 2.24) is 24.3 Å². The Balaban J connectivity index is 1.35. The molecule has 0 unspecified atom stereocenters. The number of imidazole rings is 1. The molecule has 0 aliphatic rings. The molecule has 0 saturated carbocycles. The molecule has 1 aromatic carbocycles. The Labute approximate surface area is 182 Å². The summed E-state index contributed by atoms with van der Waals surface area (Å²) in [5.41, 5.74) is 9.24. The van der Waals surface area contributed by atoms with E-state index in [1.807, 2.05) is 47.1 Å². The molecular formula is C22H19N9O. The third kappa shape index (κ3) is 3.76. The highest BCUT2D eigenvalue weighted by molar-refractivity contribution is 5.83. The number of anilines is 3. The lowest BCUT2D eigenvalue weighted by molar-refractivity contribution is 0.995. The Morgan fingerprint density at radius 2 is 1.88 bits per heavy atom. The Bertz CT molecular complexity index is 1430. The van der Waals surface area contributed by atoms with Crippen LogP contribution in [0, 0.1) is 4.91 Å². The molecule has 0 aliphatic heterocycles. The van der Waals surface area contributed by atoms with Crippen LogP contribution in [0.4, 0.5) is 23.3 Å². The molecule has 0 amide bonds. The van der Waals surface area contributed by atoms with Crippen LogP contribution in [-0.4, -0.2) is 37.4 Å². The topological polar surface area (TPSA) is 135 Å². The fraction of sp³-hybridized carbons (Fsp3) is 0.0909. The maximum atomic E-state index is 10.6. The number of fused-ring (bicyclic) bond motifs is 2. The Morgan fingerprint density at radius 1 is 1.00 bits per heavy atom. The zero-order valence-corrected chi connectivity index (χ0v) is 16.9. The summed E-state index contributed by atoms with van der Waals surface area (Å²) in [5.74, 6) is 1.32. The van der Waals surface area contributed by atoms with E-state index in [4.69, 9.17) is 10.7 Å². The summed E-state index contributed by atoms with van der Waals surface area (Å²) in [7, 11) is 0. The van der Waals surface area contributed by atoms with Crippen LogP contribution in [0.5, 0.6) is 0 Å². The van der Waals surface area contributed by atoms with Gasteiger partial charge in [-0.2, -0.15) is 0 Å². The summed E-state index contributed by atoms with van der Waals surface area (Å²) in [6, 6.07) is 15.2. The van der Waals surface area contributed by atoms with Gasteiger partial charge < -0.3 is 16.4 Å². The maximum absolute atomic E-state index is 10.6. The van der Waals surface area contributed by atoms with E-state index < -0.39 is 0 Å². The first-order chi connectivity index (χ1) is 15.7. The van der Waals surface area contributed by atoms with Gasteiger partial charge in [0.2, 0.25) is 5.95 Å². The molecule has 4 heterocycles. The highest BCUT2D eigenvalue weighted by atomic mass is 16.3. The first kappa shape index (κ1) is 19.4. The summed E-state index contributed by atoms with van der Waals surface area (Å²) in [6.45, 7) is 1.12. The van der Waals surface area contributed by atoms with Crippen LogP contribution in [0.3, 0.4) is 0 Å². The Hall–Kier alpha value is -4.60. The molecule has 0 saturated heterocycles. The molecular weight excluding hydrogens is 406 g/mol. The first-order valence-corrected chi connectivity index (χ1v) is 9.98. The van der Waals surface area contributed by atoms with Crippen LogP contribution < -0.4 is 16.4 Å². The molecule has 158 valence electrons. The molecule has 5 rings (SSSR count). The largest absolute Gasteiger partial charge is 0.382 e. The summed E-state index contributed by atoms with van der Waals surface area (Å²) in [5, 5.41) is 10.4. The van der Waals surface area contributed by atoms with Crippen molar-refractivity contribution in [2.45, 2.75) is 0 Å². The van der Waals surface area contributed by atoms with E-state index in [-0.39, 0.29) is 11.5 Å². The monoisotopic (exact) mass is 425 g/mol. The van der Waals surface area contributed by atoms with Gasteiger partial charge >= 0.3 is 0 Å². The van der Waals surface area contributed by atoms with Gasteiger partial charge in [0, 0.05) is 48.7 Å². The molecule has 4 N–H and O–H groups in total. The lowest BCUT2D eigenvalue weighted by Crippen LogP contribution is -2.17. The van der Waals surface area contributed by atoms with E-state index in [0.717, 1.165) is 27.8 Å². The summed E-state index contributed by atoms with van der Waals surface area (Å²) >= 11 is 0. The highest BCUT2D eigenvalue weighted by Crippen LogP contribution is 2.24. The van der Waals surface area contributed by atoms with Crippen molar-refractivity contribution in [3.63, 3.8) is 0 Å². The average molecular weight is 425 g/mol. The van der Waals surface area contributed by atoms with Crippen molar-refractivity contribution in [2.24, 2.45) is 5.18 Å².